The molecule has 6 nitrogen and oxygen atoms in total. The lowest BCUT2D eigenvalue weighted by molar-refractivity contribution is 0.150. The van der Waals surface area contributed by atoms with Gasteiger partial charge in [0.05, 0.1) is 32.1 Å². The van der Waals surface area contributed by atoms with Gasteiger partial charge in [-0.05, 0) is 94.3 Å². The molecule has 0 radical (unpaired) electrons. The number of rotatable bonds is 17. The molecule has 0 spiro atoms. The first-order valence-corrected chi connectivity index (χ1v) is 12.4. The second-order valence-electron chi connectivity index (χ2n) is 8.52. The van der Waals surface area contributed by atoms with Gasteiger partial charge in [0.1, 0.15) is 31.0 Å². The van der Waals surface area contributed by atoms with Gasteiger partial charge in [-0.3, -0.25) is 0 Å². The largest absolute Gasteiger partial charge is 0.494 e. The number of ether oxygens (including phenoxy) is 4. The van der Waals surface area contributed by atoms with Crippen LogP contribution in [-0.2, 0) is 16.2 Å². The second-order valence-corrected chi connectivity index (χ2v) is 8.52. The first-order chi connectivity index (χ1) is 17.0. The number of oxime groups is 1. The Morgan fingerprint density at radius 2 is 1.51 bits per heavy atom. The number of allylic oxidation sites excluding steroid dienone is 1. The van der Waals surface area contributed by atoms with Crippen molar-refractivity contribution in [1.82, 2.24) is 0 Å². The number of hydrogen-bond donors (Lipinski definition) is 0. The molecule has 0 aliphatic heterocycles. The summed E-state index contributed by atoms with van der Waals surface area (Å²) in [6, 6.07) is 12.1. The van der Waals surface area contributed by atoms with Gasteiger partial charge >= 0.3 is 0 Å². The Labute approximate surface area is 210 Å². The van der Waals surface area contributed by atoms with Gasteiger partial charge in [0.15, 0.2) is 0 Å². The van der Waals surface area contributed by atoms with E-state index in [4.69, 9.17) is 23.8 Å². The summed E-state index contributed by atoms with van der Waals surface area (Å²) in [4.78, 5) is 4.72. The molecule has 192 valence electrons. The molecule has 0 N–H and O–H groups in total. The van der Waals surface area contributed by atoms with E-state index >= 15 is 0 Å². The van der Waals surface area contributed by atoms with Crippen LogP contribution in [0.2, 0.25) is 0 Å². The topological polar surface area (TPSA) is 58.5 Å². The molecule has 0 bridgehead atoms. The quantitative estimate of drug-likeness (QED) is 0.107. The average molecular weight is 484 g/mol. The second kappa shape index (κ2) is 16.6. The Balaban J connectivity index is 1.57. The maximum absolute atomic E-state index is 6.06. The average Bonchev–Trinajstić information content (AvgIpc) is 2.83. The Kier molecular flexibility index (Phi) is 13.4. The van der Waals surface area contributed by atoms with Gasteiger partial charge in [0.25, 0.3) is 0 Å². The summed E-state index contributed by atoms with van der Waals surface area (Å²) in [5, 5.41) is 3.83. The molecule has 0 unspecified atom stereocenters. The number of aryl methyl sites for hydroxylation is 2. The highest BCUT2D eigenvalue weighted by Crippen LogP contribution is 2.28. The van der Waals surface area contributed by atoms with Gasteiger partial charge in [0, 0.05) is 0 Å². The predicted molar refractivity (Wildman–Crippen MR) is 142 cm³/mol. The van der Waals surface area contributed by atoms with Gasteiger partial charge in [0.2, 0.25) is 0 Å². The third kappa shape index (κ3) is 11.3. The minimum Gasteiger partial charge on any atom is -0.494 e. The van der Waals surface area contributed by atoms with Crippen LogP contribution in [0.15, 0.2) is 53.7 Å². The van der Waals surface area contributed by atoms with Crippen molar-refractivity contribution in [2.75, 3.05) is 33.5 Å². The van der Waals surface area contributed by atoms with Crippen molar-refractivity contribution in [2.24, 2.45) is 5.16 Å². The highest BCUT2D eigenvalue weighted by molar-refractivity contribution is 5.82. The number of hydrogen-bond acceptors (Lipinski definition) is 6. The Hall–Kier alpha value is -2.99. The fraction of sp³-hybridized carbons (Fsp3) is 0.483. The fourth-order valence-electron chi connectivity index (χ4n) is 3.56. The molecule has 35 heavy (non-hydrogen) atoms. The molecular weight excluding hydrogens is 442 g/mol. The van der Waals surface area contributed by atoms with Crippen molar-refractivity contribution in [1.29, 1.82) is 0 Å². The molecule has 0 fully saturated rings. The lowest BCUT2D eigenvalue weighted by atomic mass is 10.1. The molecule has 0 saturated heterocycles. The Bertz CT molecular complexity index is 898. The third-order valence-electron chi connectivity index (χ3n) is 5.32. The zero-order valence-electron chi connectivity index (χ0n) is 22.0. The summed E-state index contributed by atoms with van der Waals surface area (Å²) in [5.41, 5.74) is 4.14. The molecule has 0 aliphatic rings. The van der Waals surface area contributed by atoms with E-state index in [-0.39, 0.29) is 0 Å². The van der Waals surface area contributed by atoms with Crippen LogP contribution in [0.3, 0.4) is 0 Å². The van der Waals surface area contributed by atoms with Crippen LogP contribution in [0.1, 0.15) is 56.2 Å². The minimum absolute atomic E-state index is 0.453. The molecule has 0 atom stereocenters. The molecule has 0 heterocycles. The maximum Gasteiger partial charge on any atom is 0.125 e. The number of nitrogens with zero attached hydrogens (tertiary/aromatic N) is 1. The van der Waals surface area contributed by atoms with Gasteiger partial charge < -0.3 is 23.8 Å². The predicted octanol–water partition coefficient (Wildman–Crippen LogP) is 6.82. The number of benzene rings is 2. The van der Waals surface area contributed by atoms with Crippen molar-refractivity contribution in [3.63, 3.8) is 0 Å². The SMILES string of the molecule is C/C=C/COc1cc(C)c(OCCCCCCOc2ccc(COC/C(C)=N/OC)cc2)c(C)c1. The van der Waals surface area contributed by atoms with E-state index in [9.17, 15) is 0 Å². The van der Waals surface area contributed by atoms with Gasteiger partial charge in [-0.25, -0.2) is 0 Å². The highest BCUT2D eigenvalue weighted by Gasteiger charge is 2.07. The summed E-state index contributed by atoms with van der Waals surface area (Å²) >= 11 is 0. The van der Waals surface area contributed by atoms with Crippen molar-refractivity contribution < 1.29 is 23.8 Å². The molecule has 2 aromatic rings. The van der Waals surface area contributed by atoms with Gasteiger partial charge in [-0.15, -0.1) is 0 Å². The number of unbranched alkanes of at least 4 members (excludes halogenated alkanes) is 3. The Morgan fingerprint density at radius 3 is 2.14 bits per heavy atom. The maximum atomic E-state index is 6.06. The monoisotopic (exact) mass is 483 g/mol. The summed E-state index contributed by atoms with van der Waals surface area (Å²) in [7, 11) is 1.53. The molecule has 0 aromatic heterocycles. The van der Waals surface area contributed by atoms with E-state index in [0.29, 0.717) is 19.8 Å². The normalized spacial score (nSPS) is 11.6. The van der Waals surface area contributed by atoms with Crippen molar-refractivity contribution in [2.45, 2.75) is 60.0 Å². The molecule has 0 aliphatic carbocycles. The van der Waals surface area contributed by atoms with E-state index < -0.39 is 0 Å². The van der Waals surface area contributed by atoms with E-state index in [1.807, 2.05) is 62.4 Å². The zero-order chi connectivity index (χ0) is 25.3. The van der Waals surface area contributed by atoms with Crippen LogP contribution in [0.25, 0.3) is 0 Å². The van der Waals surface area contributed by atoms with Crippen molar-refractivity contribution in [3.05, 3.63) is 65.2 Å². The summed E-state index contributed by atoms with van der Waals surface area (Å²) < 4.78 is 23.3. The van der Waals surface area contributed by atoms with E-state index in [2.05, 4.69) is 19.0 Å². The van der Waals surface area contributed by atoms with Crippen molar-refractivity contribution in [3.8, 4) is 17.2 Å². The standard InChI is InChI=1S/C29H41NO5/c1-6-7-16-34-28-19-23(2)29(24(3)20-28)35-18-11-9-8-10-17-33-27-14-12-26(13-15-27)22-32-21-25(4)30-31-5/h6-7,12-15,19-20H,8-11,16-18,21-22H2,1-5H3/b7-6+,30-25+. The summed E-state index contributed by atoms with van der Waals surface area (Å²) in [6.07, 6.45) is 8.28. The summed E-state index contributed by atoms with van der Waals surface area (Å²) in [6.45, 7) is 11.0. The lowest BCUT2D eigenvalue weighted by Gasteiger charge is -2.14. The van der Waals surface area contributed by atoms with Crippen LogP contribution in [-0.4, -0.2) is 39.2 Å². The molecule has 2 aromatic carbocycles. The Morgan fingerprint density at radius 1 is 0.857 bits per heavy atom. The van der Waals surface area contributed by atoms with E-state index in [1.165, 1.54) is 7.11 Å². The first-order valence-electron chi connectivity index (χ1n) is 12.4. The van der Waals surface area contributed by atoms with Gasteiger partial charge in [-0.2, -0.15) is 0 Å². The summed E-state index contributed by atoms with van der Waals surface area (Å²) in [5.74, 6) is 2.74. The van der Waals surface area contributed by atoms with Crippen LogP contribution >= 0.6 is 0 Å². The minimum atomic E-state index is 0.453. The molecule has 0 amide bonds. The van der Waals surface area contributed by atoms with E-state index in [1.54, 1.807) is 0 Å². The molecular formula is C29H41NO5. The van der Waals surface area contributed by atoms with Crippen molar-refractivity contribution >= 4 is 5.71 Å². The zero-order valence-corrected chi connectivity index (χ0v) is 22.0. The molecule has 0 saturated carbocycles. The van der Waals surface area contributed by atoms with Crippen LogP contribution in [0.5, 0.6) is 17.2 Å². The first kappa shape index (κ1) is 28.2. The van der Waals surface area contributed by atoms with Crippen LogP contribution in [0.4, 0.5) is 0 Å². The third-order valence-corrected chi connectivity index (χ3v) is 5.32. The highest BCUT2D eigenvalue weighted by atomic mass is 16.6. The van der Waals surface area contributed by atoms with Crippen LogP contribution < -0.4 is 14.2 Å². The van der Waals surface area contributed by atoms with E-state index in [0.717, 1.165) is 78.5 Å². The lowest BCUT2D eigenvalue weighted by Crippen LogP contribution is -2.05. The van der Waals surface area contributed by atoms with Crippen LogP contribution in [0, 0.1) is 13.8 Å². The molecule has 2 rings (SSSR count). The smallest absolute Gasteiger partial charge is 0.125 e. The van der Waals surface area contributed by atoms with Gasteiger partial charge in [-0.1, -0.05) is 29.4 Å². The molecule has 6 heteroatoms. The fourth-order valence-corrected chi connectivity index (χ4v) is 3.56.